The van der Waals surface area contributed by atoms with E-state index < -0.39 is 11.9 Å². The van der Waals surface area contributed by atoms with Crippen molar-refractivity contribution in [1.82, 2.24) is 14.7 Å². The minimum atomic E-state index is -1.01. The number of amides is 1. The molecule has 1 heterocycles. The lowest BCUT2D eigenvalue weighted by atomic mass is 10.1. The van der Waals surface area contributed by atoms with Crippen molar-refractivity contribution in [3.05, 3.63) is 53.6 Å². The van der Waals surface area contributed by atoms with E-state index in [1.165, 1.54) is 18.2 Å². The molecule has 2 rings (SSSR count). The van der Waals surface area contributed by atoms with Crippen LogP contribution in [0.1, 0.15) is 30.6 Å². The highest BCUT2D eigenvalue weighted by atomic mass is 19.1. The fourth-order valence-electron chi connectivity index (χ4n) is 2.28. The molecule has 2 aromatic rings. The third kappa shape index (κ3) is 4.14. The molecule has 22 heavy (non-hydrogen) atoms. The molecule has 6 heteroatoms. The van der Waals surface area contributed by atoms with Gasteiger partial charge in [0.05, 0.1) is 18.7 Å². The maximum atomic E-state index is 13.2. The van der Waals surface area contributed by atoms with Crippen molar-refractivity contribution in [2.24, 2.45) is 7.05 Å². The molecule has 1 unspecified atom stereocenters. The van der Waals surface area contributed by atoms with Crippen molar-refractivity contribution in [2.75, 3.05) is 6.54 Å². The van der Waals surface area contributed by atoms with E-state index >= 15 is 0 Å². The molecule has 0 bridgehead atoms. The number of carbonyl (C=O) groups is 1. The van der Waals surface area contributed by atoms with Gasteiger partial charge in [0.15, 0.2) is 0 Å². The molecule has 0 aliphatic rings. The second-order valence-corrected chi connectivity index (χ2v) is 5.21. The average molecular weight is 305 g/mol. The van der Waals surface area contributed by atoms with Gasteiger partial charge in [-0.1, -0.05) is 12.1 Å². The van der Waals surface area contributed by atoms with Gasteiger partial charge in [-0.15, -0.1) is 0 Å². The standard InChI is InChI=1S/C16H20FN3O2/c1-3-20(11-12-9-18-19(2)10-12)16(22)8-15(21)13-5-4-6-14(17)7-13/h4-7,9-10,15,21H,3,8,11H2,1-2H3. The summed E-state index contributed by atoms with van der Waals surface area (Å²) in [6.07, 6.45) is 2.47. The average Bonchev–Trinajstić information content (AvgIpc) is 2.89. The number of hydrogen-bond acceptors (Lipinski definition) is 3. The Labute approximate surface area is 129 Å². The normalized spacial score (nSPS) is 12.2. The highest BCUT2D eigenvalue weighted by molar-refractivity contribution is 5.76. The molecule has 1 aromatic heterocycles. The highest BCUT2D eigenvalue weighted by Crippen LogP contribution is 2.19. The number of aryl methyl sites for hydroxylation is 1. The number of carbonyl (C=O) groups excluding carboxylic acids is 1. The van der Waals surface area contributed by atoms with E-state index in [0.29, 0.717) is 18.7 Å². The van der Waals surface area contributed by atoms with Crippen LogP contribution >= 0.6 is 0 Å². The molecular weight excluding hydrogens is 285 g/mol. The summed E-state index contributed by atoms with van der Waals surface area (Å²) < 4.78 is 14.8. The summed E-state index contributed by atoms with van der Waals surface area (Å²) >= 11 is 0. The Morgan fingerprint density at radius 3 is 2.86 bits per heavy atom. The van der Waals surface area contributed by atoms with Gasteiger partial charge in [0.2, 0.25) is 5.91 Å². The van der Waals surface area contributed by atoms with Crippen LogP contribution in [0.3, 0.4) is 0 Å². The zero-order valence-corrected chi connectivity index (χ0v) is 12.7. The summed E-state index contributed by atoms with van der Waals surface area (Å²) in [6, 6.07) is 5.68. The Morgan fingerprint density at radius 2 is 2.27 bits per heavy atom. The van der Waals surface area contributed by atoms with E-state index in [1.54, 1.807) is 21.8 Å². The first kappa shape index (κ1) is 16.2. The van der Waals surface area contributed by atoms with Crippen LogP contribution in [-0.4, -0.2) is 32.2 Å². The number of benzene rings is 1. The van der Waals surface area contributed by atoms with Gasteiger partial charge in [0, 0.05) is 31.9 Å². The summed E-state index contributed by atoms with van der Waals surface area (Å²) in [5.41, 5.74) is 1.34. The topological polar surface area (TPSA) is 58.4 Å². The molecule has 0 fully saturated rings. The van der Waals surface area contributed by atoms with Crippen molar-refractivity contribution in [3.63, 3.8) is 0 Å². The van der Waals surface area contributed by atoms with Crippen molar-refractivity contribution in [1.29, 1.82) is 0 Å². The quantitative estimate of drug-likeness (QED) is 0.888. The van der Waals surface area contributed by atoms with Gasteiger partial charge in [-0.05, 0) is 24.6 Å². The molecule has 1 amide bonds. The Balaban J connectivity index is 1.99. The largest absolute Gasteiger partial charge is 0.388 e. The summed E-state index contributed by atoms with van der Waals surface area (Å²) in [5.74, 6) is -0.602. The molecule has 1 atom stereocenters. The highest BCUT2D eigenvalue weighted by Gasteiger charge is 2.18. The number of aliphatic hydroxyl groups is 1. The van der Waals surface area contributed by atoms with Gasteiger partial charge in [-0.25, -0.2) is 4.39 Å². The van der Waals surface area contributed by atoms with Crippen molar-refractivity contribution in [3.8, 4) is 0 Å². The van der Waals surface area contributed by atoms with E-state index in [4.69, 9.17) is 0 Å². The summed E-state index contributed by atoms with van der Waals surface area (Å²) in [7, 11) is 1.81. The Hall–Kier alpha value is -2.21. The molecular formula is C16H20FN3O2. The van der Waals surface area contributed by atoms with Crippen LogP contribution in [0, 0.1) is 5.82 Å². The van der Waals surface area contributed by atoms with E-state index in [9.17, 15) is 14.3 Å². The first-order valence-corrected chi connectivity index (χ1v) is 7.18. The van der Waals surface area contributed by atoms with Crippen LogP contribution in [0.4, 0.5) is 4.39 Å². The van der Waals surface area contributed by atoms with E-state index in [-0.39, 0.29) is 12.3 Å². The fraction of sp³-hybridized carbons (Fsp3) is 0.375. The number of rotatable bonds is 6. The van der Waals surface area contributed by atoms with Crippen molar-refractivity contribution >= 4 is 5.91 Å². The van der Waals surface area contributed by atoms with Crippen LogP contribution in [0.2, 0.25) is 0 Å². The lowest BCUT2D eigenvalue weighted by Crippen LogP contribution is -2.31. The predicted octanol–water partition coefficient (Wildman–Crippen LogP) is 2.03. The lowest BCUT2D eigenvalue weighted by molar-refractivity contribution is -0.133. The number of aromatic nitrogens is 2. The van der Waals surface area contributed by atoms with Gasteiger partial charge in [-0.2, -0.15) is 5.10 Å². The predicted molar refractivity (Wildman–Crippen MR) is 80.3 cm³/mol. The summed E-state index contributed by atoms with van der Waals surface area (Å²) in [5, 5.41) is 14.2. The van der Waals surface area contributed by atoms with Gasteiger partial charge in [0.1, 0.15) is 5.82 Å². The van der Waals surface area contributed by atoms with Crippen LogP contribution in [0.15, 0.2) is 36.7 Å². The van der Waals surface area contributed by atoms with Gasteiger partial charge >= 0.3 is 0 Å². The molecule has 0 aliphatic heterocycles. The van der Waals surface area contributed by atoms with Crippen molar-refractivity contribution < 1.29 is 14.3 Å². The molecule has 0 saturated carbocycles. The van der Waals surface area contributed by atoms with Crippen LogP contribution in [0.5, 0.6) is 0 Å². The second-order valence-electron chi connectivity index (χ2n) is 5.21. The molecule has 5 nitrogen and oxygen atoms in total. The van der Waals surface area contributed by atoms with Crippen LogP contribution in [0.25, 0.3) is 0 Å². The third-order valence-electron chi connectivity index (χ3n) is 3.47. The molecule has 0 radical (unpaired) electrons. The van der Waals surface area contributed by atoms with Gasteiger partial charge in [0.25, 0.3) is 0 Å². The molecule has 1 aromatic carbocycles. The zero-order valence-electron chi connectivity index (χ0n) is 12.7. The van der Waals surface area contributed by atoms with E-state index in [2.05, 4.69) is 5.10 Å². The zero-order chi connectivity index (χ0) is 16.1. The summed E-state index contributed by atoms with van der Waals surface area (Å²) in [4.78, 5) is 13.9. The monoisotopic (exact) mass is 305 g/mol. The first-order valence-electron chi connectivity index (χ1n) is 7.18. The molecule has 0 saturated heterocycles. The number of hydrogen-bond donors (Lipinski definition) is 1. The van der Waals surface area contributed by atoms with E-state index in [0.717, 1.165) is 5.56 Å². The first-order chi connectivity index (χ1) is 10.5. The Kier molecular flexibility index (Phi) is 5.27. The molecule has 0 spiro atoms. The number of nitrogens with zero attached hydrogens (tertiary/aromatic N) is 3. The molecule has 0 aliphatic carbocycles. The SMILES string of the molecule is CCN(Cc1cnn(C)c1)C(=O)CC(O)c1cccc(F)c1. The minimum absolute atomic E-state index is 0.0719. The van der Waals surface area contributed by atoms with Gasteiger partial charge in [-0.3, -0.25) is 9.48 Å². The lowest BCUT2D eigenvalue weighted by Gasteiger charge is -2.22. The molecule has 1 N–H and O–H groups in total. The Morgan fingerprint density at radius 1 is 1.50 bits per heavy atom. The maximum Gasteiger partial charge on any atom is 0.225 e. The minimum Gasteiger partial charge on any atom is -0.388 e. The smallest absolute Gasteiger partial charge is 0.225 e. The van der Waals surface area contributed by atoms with Crippen LogP contribution < -0.4 is 0 Å². The second kappa shape index (κ2) is 7.17. The van der Waals surface area contributed by atoms with Crippen molar-refractivity contribution in [2.45, 2.75) is 26.0 Å². The van der Waals surface area contributed by atoms with Gasteiger partial charge < -0.3 is 10.0 Å². The molecule has 118 valence electrons. The third-order valence-corrected chi connectivity index (χ3v) is 3.47. The number of halogens is 1. The van der Waals surface area contributed by atoms with Crippen LogP contribution in [-0.2, 0) is 18.4 Å². The maximum absolute atomic E-state index is 13.2. The Bertz CT molecular complexity index is 642. The van der Waals surface area contributed by atoms with E-state index in [1.807, 2.05) is 20.2 Å². The fourth-order valence-corrected chi connectivity index (χ4v) is 2.28. The summed E-state index contributed by atoms with van der Waals surface area (Å²) in [6.45, 7) is 2.85. The number of aliphatic hydroxyl groups excluding tert-OH is 1.